The third-order valence-corrected chi connectivity index (χ3v) is 4.87. The van der Waals surface area contributed by atoms with Crippen LogP contribution in [-0.4, -0.2) is 26.8 Å². The van der Waals surface area contributed by atoms with Crippen molar-refractivity contribution in [2.75, 3.05) is 0 Å². The molecule has 1 saturated carbocycles. The summed E-state index contributed by atoms with van der Waals surface area (Å²) in [6.07, 6.45) is 3.06. The van der Waals surface area contributed by atoms with Crippen molar-refractivity contribution >= 4 is 11.9 Å². The van der Waals surface area contributed by atoms with Crippen molar-refractivity contribution < 1.29 is 14.7 Å². The minimum Gasteiger partial charge on any atom is -0.479 e. The topological polar surface area (TPSA) is 84.2 Å². The predicted octanol–water partition coefficient (Wildman–Crippen LogP) is 1.34. The Morgan fingerprint density at radius 3 is 2.25 bits per heavy atom. The molecule has 0 bridgehead atoms. The quantitative estimate of drug-likeness (QED) is 0.871. The monoisotopic (exact) mass is 279 g/mol. The lowest BCUT2D eigenvalue weighted by molar-refractivity contribution is -0.142. The zero-order valence-electron chi connectivity index (χ0n) is 12.5. The van der Waals surface area contributed by atoms with Crippen LogP contribution >= 0.6 is 0 Å². The standard InChI is InChI=1S/C14H21N3O3/c1-13(2)10(14(13,3)4)11(18)16-9(12(19)20)8-6-15-17(5)7-8/h6-7,9-10H,1-5H3,(H,16,18)(H,19,20). The molecule has 0 spiro atoms. The second-order valence-corrected chi connectivity index (χ2v) is 6.60. The number of carbonyl (C=O) groups excluding carboxylic acids is 1. The maximum Gasteiger partial charge on any atom is 0.331 e. The molecule has 110 valence electrons. The van der Waals surface area contributed by atoms with Gasteiger partial charge in [-0.3, -0.25) is 9.48 Å². The van der Waals surface area contributed by atoms with Crippen LogP contribution in [0.2, 0.25) is 0 Å². The fourth-order valence-corrected chi connectivity index (χ4v) is 2.95. The summed E-state index contributed by atoms with van der Waals surface area (Å²) in [6.45, 7) is 8.10. The van der Waals surface area contributed by atoms with Gasteiger partial charge in [-0.15, -0.1) is 0 Å². The Kier molecular flexibility index (Phi) is 3.15. The molecule has 1 aromatic heterocycles. The number of nitrogens with one attached hydrogen (secondary N) is 1. The van der Waals surface area contributed by atoms with Crippen molar-refractivity contribution in [1.29, 1.82) is 0 Å². The van der Waals surface area contributed by atoms with Gasteiger partial charge in [0.15, 0.2) is 6.04 Å². The van der Waals surface area contributed by atoms with E-state index in [9.17, 15) is 14.7 Å². The summed E-state index contributed by atoms with van der Waals surface area (Å²) in [5.74, 6) is -1.47. The highest BCUT2D eigenvalue weighted by Gasteiger charge is 2.68. The van der Waals surface area contributed by atoms with Crippen molar-refractivity contribution in [3.63, 3.8) is 0 Å². The number of aromatic nitrogens is 2. The highest BCUT2D eigenvalue weighted by molar-refractivity contribution is 5.88. The molecular formula is C14H21N3O3. The lowest BCUT2D eigenvalue weighted by Gasteiger charge is -2.13. The molecule has 0 radical (unpaired) electrons. The van der Waals surface area contributed by atoms with Crippen LogP contribution in [0.15, 0.2) is 12.4 Å². The van der Waals surface area contributed by atoms with Gasteiger partial charge in [-0.25, -0.2) is 4.79 Å². The Hall–Kier alpha value is -1.85. The van der Waals surface area contributed by atoms with E-state index < -0.39 is 12.0 Å². The van der Waals surface area contributed by atoms with Crippen molar-refractivity contribution in [2.45, 2.75) is 33.7 Å². The first-order chi connectivity index (χ1) is 9.09. The van der Waals surface area contributed by atoms with E-state index in [1.165, 1.54) is 10.9 Å². The molecule has 0 aromatic carbocycles. The number of hydrogen-bond donors (Lipinski definition) is 2. The van der Waals surface area contributed by atoms with Gasteiger partial charge in [0, 0.05) is 24.7 Å². The van der Waals surface area contributed by atoms with Gasteiger partial charge in [0.25, 0.3) is 0 Å². The van der Waals surface area contributed by atoms with Crippen LogP contribution in [0.4, 0.5) is 0 Å². The van der Waals surface area contributed by atoms with Crippen LogP contribution in [0.3, 0.4) is 0 Å². The first kappa shape index (κ1) is 14.6. The molecule has 2 rings (SSSR count). The van der Waals surface area contributed by atoms with Gasteiger partial charge in [0.2, 0.25) is 5.91 Å². The molecule has 1 amide bonds. The molecule has 0 saturated heterocycles. The van der Waals surface area contributed by atoms with Crippen LogP contribution in [0.1, 0.15) is 39.3 Å². The van der Waals surface area contributed by atoms with E-state index in [1.54, 1.807) is 13.2 Å². The number of aryl methyl sites for hydroxylation is 1. The normalized spacial score (nSPS) is 21.2. The van der Waals surface area contributed by atoms with E-state index in [4.69, 9.17) is 0 Å². The Bertz CT molecular complexity index is 546. The number of rotatable bonds is 4. The van der Waals surface area contributed by atoms with Crippen LogP contribution in [-0.2, 0) is 16.6 Å². The molecule has 20 heavy (non-hydrogen) atoms. The summed E-state index contributed by atoms with van der Waals surface area (Å²) in [4.78, 5) is 23.7. The molecular weight excluding hydrogens is 258 g/mol. The summed E-state index contributed by atoms with van der Waals surface area (Å²) in [7, 11) is 1.71. The van der Waals surface area contributed by atoms with Crippen LogP contribution < -0.4 is 5.32 Å². The number of nitrogens with zero attached hydrogens (tertiary/aromatic N) is 2. The van der Waals surface area contributed by atoms with E-state index in [0.29, 0.717) is 5.56 Å². The minimum absolute atomic E-state index is 0.116. The third kappa shape index (κ3) is 2.09. The molecule has 1 fully saturated rings. The van der Waals surface area contributed by atoms with E-state index in [0.717, 1.165) is 0 Å². The smallest absolute Gasteiger partial charge is 0.331 e. The van der Waals surface area contributed by atoms with Crippen molar-refractivity contribution in [3.8, 4) is 0 Å². The minimum atomic E-state index is -1.08. The van der Waals surface area contributed by atoms with Gasteiger partial charge in [0.1, 0.15) is 0 Å². The molecule has 6 heteroatoms. The van der Waals surface area contributed by atoms with Crippen molar-refractivity contribution in [2.24, 2.45) is 23.8 Å². The summed E-state index contributed by atoms with van der Waals surface area (Å²) in [6, 6.07) is -1.05. The van der Waals surface area contributed by atoms with Crippen molar-refractivity contribution in [1.82, 2.24) is 15.1 Å². The zero-order valence-corrected chi connectivity index (χ0v) is 12.5. The number of aliphatic carboxylic acids is 1. The molecule has 1 unspecified atom stereocenters. The fraction of sp³-hybridized carbons (Fsp3) is 0.643. The summed E-state index contributed by atoms with van der Waals surface area (Å²) in [5, 5.41) is 15.9. The van der Waals surface area contributed by atoms with Crippen molar-refractivity contribution in [3.05, 3.63) is 18.0 Å². The molecule has 6 nitrogen and oxygen atoms in total. The molecule has 1 aromatic rings. The average Bonchev–Trinajstić information content (AvgIpc) is 2.63. The average molecular weight is 279 g/mol. The third-order valence-electron chi connectivity index (χ3n) is 4.87. The molecule has 1 aliphatic carbocycles. The van der Waals surface area contributed by atoms with E-state index in [-0.39, 0.29) is 22.7 Å². The van der Waals surface area contributed by atoms with E-state index >= 15 is 0 Å². The Balaban J connectivity index is 2.15. The van der Waals surface area contributed by atoms with Gasteiger partial charge in [0.05, 0.1) is 6.20 Å². The number of hydrogen-bond acceptors (Lipinski definition) is 3. The number of carboxylic acid groups (broad SMARTS) is 1. The Labute approximate surface area is 118 Å². The van der Waals surface area contributed by atoms with Gasteiger partial charge < -0.3 is 10.4 Å². The largest absolute Gasteiger partial charge is 0.479 e. The van der Waals surface area contributed by atoms with E-state index in [2.05, 4.69) is 10.4 Å². The van der Waals surface area contributed by atoms with Gasteiger partial charge in [-0.2, -0.15) is 5.10 Å². The first-order valence-corrected chi connectivity index (χ1v) is 6.60. The van der Waals surface area contributed by atoms with Gasteiger partial charge in [-0.1, -0.05) is 27.7 Å². The lowest BCUT2D eigenvalue weighted by atomic mass is 10.0. The lowest BCUT2D eigenvalue weighted by Crippen LogP contribution is -2.35. The maximum atomic E-state index is 12.3. The Morgan fingerprint density at radius 2 is 1.90 bits per heavy atom. The molecule has 2 N–H and O–H groups in total. The van der Waals surface area contributed by atoms with Crippen LogP contribution in [0, 0.1) is 16.7 Å². The predicted molar refractivity (Wildman–Crippen MR) is 72.8 cm³/mol. The van der Waals surface area contributed by atoms with Gasteiger partial charge in [-0.05, 0) is 10.8 Å². The number of carbonyl (C=O) groups is 2. The summed E-state index contributed by atoms with van der Waals surface area (Å²) >= 11 is 0. The maximum absolute atomic E-state index is 12.3. The number of amides is 1. The zero-order chi connectivity index (χ0) is 15.3. The number of carboxylic acids is 1. The second kappa shape index (κ2) is 4.33. The summed E-state index contributed by atoms with van der Waals surface area (Å²) in [5.41, 5.74) is 0.244. The highest BCUT2D eigenvalue weighted by atomic mass is 16.4. The van der Waals surface area contributed by atoms with E-state index in [1.807, 2.05) is 27.7 Å². The summed E-state index contributed by atoms with van der Waals surface area (Å²) < 4.78 is 1.52. The molecule has 0 aliphatic heterocycles. The van der Waals surface area contributed by atoms with Crippen LogP contribution in [0.5, 0.6) is 0 Å². The molecule has 1 atom stereocenters. The molecule has 1 heterocycles. The Morgan fingerprint density at radius 1 is 1.35 bits per heavy atom. The van der Waals surface area contributed by atoms with Gasteiger partial charge >= 0.3 is 5.97 Å². The molecule has 1 aliphatic rings. The second-order valence-electron chi connectivity index (χ2n) is 6.60. The van der Waals surface area contributed by atoms with Crippen LogP contribution in [0.25, 0.3) is 0 Å². The fourth-order valence-electron chi connectivity index (χ4n) is 2.95. The SMILES string of the molecule is Cn1cc(C(NC(=O)C2C(C)(C)C2(C)C)C(=O)O)cn1. The first-order valence-electron chi connectivity index (χ1n) is 6.60. The highest BCUT2D eigenvalue weighted by Crippen LogP contribution is 2.68.